The summed E-state index contributed by atoms with van der Waals surface area (Å²) in [6, 6.07) is 3.97. The highest BCUT2D eigenvalue weighted by atomic mass is 15.3. The lowest BCUT2D eigenvalue weighted by Crippen LogP contribution is -2.22. The molecule has 0 amide bonds. The summed E-state index contributed by atoms with van der Waals surface area (Å²) in [6.07, 6.45) is 9.81. The molecular weight excluding hydrogens is 252 g/mol. The van der Waals surface area contributed by atoms with Gasteiger partial charge in [0.2, 0.25) is 0 Å². The molecule has 3 aromatic rings. The molecule has 1 fully saturated rings. The SMILES string of the molecule is c1cnn(CC2(CNc3ncnc4[nH]ccc34)CC2)c1. The number of aromatic nitrogens is 5. The number of H-pyrrole nitrogens is 1. The van der Waals surface area contributed by atoms with Crippen molar-refractivity contribution in [2.45, 2.75) is 19.4 Å². The summed E-state index contributed by atoms with van der Waals surface area (Å²) < 4.78 is 2.01. The Morgan fingerprint density at radius 3 is 3.10 bits per heavy atom. The van der Waals surface area contributed by atoms with Gasteiger partial charge in [0, 0.05) is 37.1 Å². The smallest absolute Gasteiger partial charge is 0.142 e. The standard InChI is InChI=1S/C14H16N6/c1-5-19-20(7-1)9-14(3-4-14)8-16-13-11-2-6-15-12(11)17-10-18-13/h1-2,5-7,10H,3-4,8-9H2,(H2,15,16,17,18). The normalized spacial score (nSPS) is 16.4. The summed E-state index contributed by atoms with van der Waals surface area (Å²) >= 11 is 0. The van der Waals surface area contributed by atoms with Gasteiger partial charge in [0.05, 0.1) is 5.39 Å². The van der Waals surface area contributed by atoms with Crippen LogP contribution in [0.25, 0.3) is 11.0 Å². The molecule has 1 saturated carbocycles. The van der Waals surface area contributed by atoms with Crippen molar-refractivity contribution in [2.24, 2.45) is 5.41 Å². The molecule has 4 rings (SSSR count). The monoisotopic (exact) mass is 268 g/mol. The molecule has 0 aromatic carbocycles. The van der Waals surface area contributed by atoms with Crippen LogP contribution in [0.5, 0.6) is 0 Å². The van der Waals surface area contributed by atoms with Crippen LogP contribution in [-0.2, 0) is 6.54 Å². The van der Waals surface area contributed by atoms with E-state index >= 15 is 0 Å². The largest absolute Gasteiger partial charge is 0.369 e. The van der Waals surface area contributed by atoms with Crippen LogP contribution in [0, 0.1) is 5.41 Å². The number of fused-ring (bicyclic) bond motifs is 1. The molecule has 1 aliphatic rings. The van der Waals surface area contributed by atoms with Crippen molar-refractivity contribution in [3.05, 3.63) is 37.1 Å². The average molecular weight is 268 g/mol. The third-order valence-corrected chi connectivity index (χ3v) is 4.00. The van der Waals surface area contributed by atoms with E-state index in [1.807, 2.05) is 35.4 Å². The van der Waals surface area contributed by atoms with Crippen LogP contribution < -0.4 is 5.32 Å². The van der Waals surface area contributed by atoms with Crippen LogP contribution >= 0.6 is 0 Å². The van der Waals surface area contributed by atoms with Crippen LogP contribution in [-0.4, -0.2) is 31.3 Å². The van der Waals surface area contributed by atoms with E-state index in [0.29, 0.717) is 5.41 Å². The van der Waals surface area contributed by atoms with Crippen molar-refractivity contribution in [3.63, 3.8) is 0 Å². The first kappa shape index (κ1) is 11.5. The Bertz CT molecular complexity index is 710. The number of hydrogen-bond donors (Lipinski definition) is 2. The molecule has 6 heteroatoms. The number of anilines is 1. The Morgan fingerprint density at radius 1 is 1.35 bits per heavy atom. The minimum atomic E-state index is 0.319. The van der Waals surface area contributed by atoms with Crippen LogP contribution in [0.2, 0.25) is 0 Å². The summed E-state index contributed by atoms with van der Waals surface area (Å²) in [5.41, 5.74) is 1.19. The van der Waals surface area contributed by atoms with E-state index < -0.39 is 0 Å². The molecule has 0 saturated heterocycles. The van der Waals surface area contributed by atoms with E-state index in [1.54, 1.807) is 6.33 Å². The fourth-order valence-electron chi connectivity index (χ4n) is 2.59. The van der Waals surface area contributed by atoms with Crippen molar-refractivity contribution in [1.82, 2.24) is 24.7 Å². The van der Waals surface area contributed by atoms with Gasteiger partial charge in [-0.15, -0.1) is 0 Å². The van der Waals surface area contributed by atoms with Crippen molar-refractivity contribution in [3.8, 4) is 0 Å². The van der Waals surface area contributed by atoms with Crippen LogP contribution in [0.15, 0.2) is 37.1 Å². The summed E-state index contributed by atoms with van der Waals surface area (Å²) in [4.78, 5) is 11.6. The van der Waals surface area contributed by atoms with Gasteiger partial charge in [-0.25, -0.2) is 9.97 Å². The molecule has 0 aliphatic heterocycles. The number of nitrogens with one attached hydrogen (secondary N) is 2. The first-order valence-corrected chi connectivity index (χ1v) is 6.84. The number of hydrogen-bond acceptors (Lipinski definition) is 4. The zero-order chi connectivity index (χ0) is 13.4. The maximum Gasteiger partial charge on any atom is 0.142 e. The van der Waals surface area contributed by atoms with Crippen molar-refractivity contribution in [1.29, 1.82) is 0 Å². The fourth-order valence-corrected chi connectivity index (χ4v) is 2.59. The van der Waals surface area contributed by atoms with Gasteiger partial charge >= 0.3 is 0 Å². The number of aromatic amines is 1. The lowest BCUT2D eigenvalue weighted by molar-refractivity contribution is 0.416. The average Bonchev–Trinajstić information content (AvgIpc) is 2.89. The molecule has 1 aliphatic carbocycles. The summed E-state index contributed by atoms with van der Waals surface area (Å²) in [7, 11) is 0. The van der Waals surface area contributed by atoms with Gasteiger partial charge in [0.25, 0.3) is 0 Å². The fraction of sp³-hybridized carbons (Fsp3) is 0.357. The van der Waals surface area contributed by atoms with E-state index in [9.17, 15) is 0 Å². The van der Waals surface area contributed by atoms with E-state index in [2.05, 4.69) is 25.4 Å². The molecule has 0 radical (unpaired) electrons. The van der Waals surface area contributed by atoms with Crippen LogP contribution in [0.1, 0.15) is 12.8 Å². The Morgan fingerprint density at radius 2 is 2.30 bits per heavy atom. The van der Waals surface area contributed by atoms with Gasteiger partial charge in [0.15, 0.2) is 0 Å². The quantitative estimate of drug-likeness (QED) is 0.743. The highest BCUT2D eigenvalue weighted by Gasteiger charge is 2.43. The predicted octanol–water partition coefficient (Wildman–Crippen LogP) is 2.05. The number of nitrogens with zero attached hydrogens (tertiary/aromatic N) is 4. The lowest BCUT2D eigenvalue weighted by atomic mass is 10.1. The first-order valence-electron chi connectivity index (χ1n) is 6.84. The Labute approximate surface area is 116 Å². The molecule has 0 bridgehead atoms. The third-order valence-electron chi connectivity index (χ3n) is 4.00. The van der Waals surface area contributed by atoms with Gasteiger partial charge in [0.1, 0.15) is 17.8 Å². The lowest BCUT2D eigenvalue weighted by Gasteiger charge is -2.16. The molecule has 3 aromatic heterocycles. The molecule has 3 heterocycles. The molecule has 0 atom stereocenters. The Hall–Kier alpha value is -2.37. The molecule has 0 unspecified atom stereocenters. The summed E-state index contributed by atoms with van der Waals surface area (Å²) in [5, 5.41) is 8.82. The van der Waals surface area contributed by atoms with E-state index in [0.717, 1.165) is 29.9 Å². The zero-order valence-electron chi connectivity index (χ0n) is 11.1. The zero-order valence-corrected chi connectivity index (χ0v) is 11.1. The minimum Gasteiger partial charge on any atom is -0.369 e. The third kappa shape index (κ3) is 2.03. The van der Waals surface area contributed by atoms with Crippen molar-refractivity contribution < 1.29 is 0 Å². The molecule has 102 valence electrons. The second-order valence-electron chi connectivity index (χ2n) is 5.52. The maximum atomic E-state index is 4.34. The summed E-state index contributed by atoms with van der Waals surface area (Å²) in [6.45, 7) is 1.89. The predicted molar refractivity (Wildman–Crippen MR) is 76.3 cm³/mol. The minimum absolute atomic E-state index is 0.319. The van der Waals surface area contributed by atoms with Gasteiger partial charge in [-0.05, 0) is 25.0 Å². The molecule has 2 N–H and O–H groups in total. The molecule has 20 heavy (non-hydrogen) atoms. The van der Waals surface area contributed by atoms with Gasteiger partial charge < -0.3 is 10.3 Å². The highest BCUT2D eigenvalue weighted by Crippen LogP contribution is 2.47. The van der Waals surface area contributed by atoms with E-state index in [-0.39, 0.29) is 0 Å². The molecule has 0 spiro atoms. The van der Waals surface area contributed by atoms with E-state index in [4.69, 9.17) is 0 Å². The molecular formula is C14H16N6. The topological polar surface area (TPSA) is 71.4 Å². The first-order chi connectivity index (χ1) is 9.85. The molecule has 6 nitrogen and oxygen atoms in total. The van der Waals surface area contributed by atoms with Crippen LogP contribution in [0.3, 0.4) is 0 Å². The van der Waals surface area contributed by atoms with Crippen molar-refractivity contribution >= 4 is 16.9 Å². The number of rotatable bonds is 5. The van der Waals surface area contributed by atoms with Gasteiger partial charge in [-0.2, -0.15) is 5.10 Å². The van der Waals surface area contributed by atoms with Gasteiger partial charge in [-0.1, -0.05) is 0 Å². The second-order valence-corrected chi connectivity index (χ2v) is 5.52. The Kier molecular flexibility index (Phi) is 2.48. The summed E-state index contributed by atoms with van der Waals surface area (Å²) in [5.74, 6) is 0.906. The van der Waals surface area contributed by atoms with Crippen molar-refractivity contribution in [2.75, 3.05) is 11.9 Å². The Balaban J connectivity index is 1.49. The second kappa shape index (κ2) is 4.33. The van der Waals surface area contributed by atoms with E-state index in [1.165, 1.54) is 12.8 Å². The van der Waals surface area contributed by atoms with Gasteiger partial charge in [-0.3, -0.25) is 4.68 Å². The maximum absolute atomic E-state index is 4.34. The highest BCUT2D eigenvalue weighted by molar-refractivity contribution is 5.86. The van der Waals surface area contributed by atoms with Crippen LogP contribution in [0.4, 0.5) is 5.82 Å².